The molecule has 0 spiro atoms. The van der Waals surface area contributed by atoms with Gasteiger partial charge in [-0.3, -0.25) is 4.79 Å². The minimum atomic E-state index is 0.154. The molecule has 16 heavy (non-hydrogen) atoms. The van der Waals surface area contributed by atoms with Gasteiger partial charge in [0.05, 0.1) is 5.38 Å². The van der Waals surface area contributed by atoms with E-state index in [1.54, 1.807) is 0 Å². The predicted octanol–water partition coefficient (Wildman–Crippen LogP) is 3.43. The molecule has 0 N–H and O–H groups in total. The first-order valence-electron chi connectivity index (χ1n) is 6.42. The van der Waals surface area contributed by atoms with Gasteiger partial charge >= 0.3 is 0 Å². The SMILES string of the molecule is CC(C)CCC(=O)N(C)C1CCCCC1Cl. The Labute approximate surface area is 104 Å². The molecule has 2 atom stereocenters. The lowest BCUT2D eigenvalue weighted by atomic mass is 9.93. The molecule has 94 valence electrons. The van der Waals surface area contributed by atoms with E-state index in [9.17, 15) is 4.79 Å². The molecule has 0 aliphatic heterocycles. The van der Waals surface area contributed by atoms with Crippen molar-refractivity contribution in [1.29, 1.82) is 0 Å². The standard InChI is InChI=1S/C13H24ClNO/c1-10(2)8-9-13(16)15(3)12-7-5-4-6-11(12)14/h10-12H,4-9H2,1-3H3. The molecule has 1 rings (SSSR count). The highest BCUT2D eigenvalue weighted by molar-refractivity contribution is 6.21. The molecule has 2 unspecified atom stereocenters. The maximum Gasteiger partial charge on any atom is 0.222 e. The number of amides is 1. The predicted molar refractivity (Wildman–Crippen MR) is 68.7 cm³/mol. The van der Waals surface area contributed by atoms with E-state index in [1.807, 2.05) is 11.9 Å². The number of hydrogen-bond donors (Lipinski definition) is 0. The van der Waals surface area contributed by atoms with E-state index in [2.05, 4.69) is 13.8 Å². The third-order valence-corrected chi connectivity index (χ3v) is 3.98. The van der Waals surface area contributed by atoms with Crippen LogP contribution < -0.4 is 0 Å². The Balaban J connectivity index is 2.42. The van der Waals surface area contributed by atoms with Crippen LogP contribution in [0.2, 0.25) is 0 Å². The van der Waals surface area contributed by atoms with E-state index in [1.165, 1.54) is 12.8 Å². The Morgan fingerprint density at radius 2 is 2.00 bits per heavy atom. The molecule has 1 amide bonds. The summed E-state index contributed by atoms with van der Waals surface area (Å²) in [5, 5.41) is 0.154. The van der Waals surface area contributed by atoms with Crippen molar-refractivity contribution < 1.29 is 4.79 Å². The lowest BCUT2D eigenvalue weighted by Gasteiger charge is -2.35. The van der Waals surface area contributed by atoms with E-state index in [4.69, 9.17) is 11.6 Å². The van der Waals surface area contributed by atoms with Gasteiger partial charge in [-0.25, -0.2) is 0 Å². The second-order valence-electron chi connectivity index (χ2n) is 5.30. The topological polar surface area (TPSA) is 20.3 Å². The summed E-state index contributed by atoms with van der Waals surface area (Å²) in [6.45, 7) is 4.30. The molecule has 1 saturated carbocycles. The molecular formula is C13H24ClNO. The molecule has 1 fully saturated rings. The fourth-order valence-electron chi connectivity index (χ4n) is 2.28. The summed E-state index contributed by atoms with van der Waals surface area (Å²) >= 11 is 6.29. The molecule has 0 aromatic rings. The van der Waals surface area contributed by atoms with Gasteiger partial charge in [0.25, 0.3) is 0 Å². The fraction of sp³-hybridized carbons (Fsp3) is 0.923. The highest BCUT2D eigenvalue weighted by Crippen LogP contribution is 2.27. The quantitative estimate of drug-likeness (QED) is 0.695. The maximum absolute atomic E-state index is 12.0. The summed E-state index contributed by atoms with van der Waals surface area (Å²) in [5.74, 6) is 0.849. The van der Waals surface area contributed by atoms with Crippen LogP contribution in [0.15, 0.2) is 0 Å². The van der Waals surface area contributed by atoms with E-state index in [0.29, 0.717) is 12.3 Å². The molecular weight excluding hydrogens is 222 g/mol. The van der Waals surface area contributed by atoms with Crippen molar-refractivity contribution in [2.45, 2.75) is 63.8 Å². The van der Waals surface area contributed by atoms with Gasteiger partial charge in [-0.15, -0.1) is 11.6 Å². The lowest BCUT2D eigenvalue weighted by molar-refractivity contribution is -0.132. The molecule has 0 aromatic carbocycles. The van der Waals surface area contributed by atoms with Gasteiger partial charge in [0.1, 0.15) is 0 Å². The highest BCUT2D eigenvalue weighted by atomic mass is 35.5. The third-order valence-electron chi connectivity index (χ3n) is 3.47. The van der Waals surface area contributed by atoms with Crippen LogP contribution in [0.25, 0.3) is 0 Å². The Kier molecular flexibility index (Phi) is 5.60. The van der Waals surface area contributed by atoms with Crippen LogP contribution >= 0.6 is 11.6 Å². The maximum atomic E-state index is 12.0. The minimum Gasteiger partial charge on any atom is -0.341 e. The van der Waals surface area contributed by atoms with Crippen LogP contribution in [0.4, 0.5) is 0 Å². The Bertz CT molecular complexity index is 230. The Morgan fingerprint density at radius 1 is 1.38 bits per heavy atom. The zero-order chi connectivity index (χ0) is 12.1. The normalized spacial score (nSPS) is 25.8. The fourth-order valence-corrected chi connectivity index (χ4v) is 2.73. The summed E-state index contributed by atoms with van der Waals surface area (Å²) in [6.07, 6.45) is 6.16. The number of rotatable bonds is 4. The molecule has 1 aliphatic carbocycles. The van der Waals surface area contributed by atoms with Crippen LogP contribution in [-0.4, -0.2) is 29.3 Å². The lowest BCUT2D eigenvalue weighted by Crippen LogP contribution is -2.44. The van der Waals surface area contributed by atoms with Crippen molar-refractivity contribution in [3.8, 4) is 0 Å². The first-order valence-corrected chi connectivity index (χ1v) is 6.85. The number of carbonyl (C=O) groups is 1. The molecule has 3 heteroatoms. The van der Waals surface area contributed by atoms with Crippen LogP contribution in [0, 0.1) is 5.92 Å². The van der Waals surface area contributed by atoms with Crippen LogP contribution in [0.5, 0.6) is 0 Å². The van der Waals surface area contributed by atoms with Crippen molar-refractivity contribution >= 4 is 17.5 Å². The monoisotopic (exact) mass is 245 g/mol. The second-order valence-corrected chi connectivity index (χ2v) is 5.87. The van der Waals surface area contributed by atoms with Gasteiger partial charge in [-0.05, 0) is 25.2 Å². The first-order chi connectivity index (χ1) is 7.52. The average Bonchev–Trinajstić information content (AvgIpc) is 2.25. The van der Waals surface area contributed by atoms with Crippen LogP contribution in [-0.2, 0) is 4.79 Å². The molecule has 0 aromatic heterocycles. The van der Waals surface area contributed by atoms with Gasteiger partial charge in [0.15, 0.2) is 0 Å². The van der Waals surface area contributed by atoms with E-state index < -0.39 is 0 Å². The summed E-state index contributed by atoms with van der Waals surface area (Å²) in [5.41, 5.74) is 0. The summed E-state index contributed by atoms with van der Waals surface area (Å²) in [7, 11) is 1.91. The summed E-state index contributed by atoms with van der Waals surface area (Å²) in [4.78, 5) is 13.8. The smallest absolute Gasteiger partial charge is 0.222 e. The zero-order valence-corrected chi connectivity index (χ0v) is 11.5. The second kappa shape index (κ2) is 6.48. The number of halogens is 1. The van der Waals surface area contributed by atoms with E-state index in [0.717, 1.165) is 19.3 Å². The number of carbonyl (C=O) groups excluding carboxylic acids is 1. The van der Waals surface area contributed by atoms with Crippen molar-refractivity contribution in [1.82, 2.24) is 4.90 Å². The summed E-state index contributed by atoms with van der Waals surface area (Å²) < 4.78 is 0. The third kappa shape index (κ3) is 3.97. The van der Waals surface area contributed by atoms with E-state index in [-0.39, 0.29) is 17.3 Å². The van der Waals surface area contributed by atoms with Crippen LogP contribution in [0.1, 0.15) is 52.4 Å². The Hall–Kier alpha value is -0.240. The molecule has 0 bridgehead atoms. The number of hydrogen-bond acceptors (Lipinski definition) is 1. The van der Waals surface area contributed by atoms with Gasteiger partial charge < -0.3 is 4.90 Å². The van der Waals surface area contributed by atoms with Gasteiger partial charge in [0.2, 0.25) is 5.91 Å². The molecule has 2 nitrogen and oxygen atoms in total. The van der Waals surface area contributed by atoms with Gasteiger partial charge in [0, 0.05) is 19.5 Å². The molecule has 1 aliphatic rings. The van der Waals surface area contributed by atoms with Crippen molar-refractivity contribution in [2.75, 3.05) is 7.05 Å². The number of alkyl halides is 1. The average molecular weight is 246 g/mol. The van der Waals surface area contributed by atoms with E-state index >= 15 is 0 Å². The zero-order valence-electron chi connectivity index (χ0n) is 10.7. The van der Waals surface area contributed by atoms with Crippen molar-refractivity contribution in [3.05, 3.63) is 0 Å². The van der Waals surface area contributed by atoms with Crippen LogP contribution in [0.3, 0.4) is 0 Å². The molecule has 0 saturated heterocycles. The highest BCUT2D eigenvalue weighted by Gasteiger charge is 2.28. The minimum absolute atomic E-state index is 0.154. The largest absolute Gasteiger partial charge is 0.341 e. The summed E-state index contributed by atoms with van der Waals surface area (Å²) in [6, 6.07) is 0.259. The number of nitrogens with zero attached hydrogens (tertiary/aromatic N) is 1. The first kappa shape index (κ1) is 13.8. The van der Waals surface area contributed by atoms with Crippen molar-refractivity contribution in [3.63, 3.8) is 0 Å². The van der Waals surface area contributed by atoms with Gasteiger partial charge in [-0.2, -0.15) is 0 Å². The molecule has 0 radical (unpaired) electrons. The van der Waals surface area contributed by atoms with Crippen molar-refractivity contribution in [2.24, 2.45) is 5.92 Å². The molecule has 0 heterocycles. The Morgan fingerprint density at radius 3 is 2.56 bits per heavy atom. The van der Waals surface area contributed by atoms with Gasteiger partial charge in [-0.1, -0.05) is 26.7 Å².